The fourth-order valence-electron chi connectivity index (χ4n) is 5.53. The number of rotatable bonds is 12. The van der Waals surface area contributed by atoms with Crippen molar-refractivity contribution in [2.24, 2.45) is 0 Å². The van der Waals surface area contributed by atoms with E-state index in [1.54, 1.807) is 24.3 Å². The van der Waals surface area contributed by atoms with Crippen LogP contribution in [-0.2, 0) is 12.8 Å². The van der Waals surface area contributed by atoms with Gasteiger partial charge in [-0.2, -0.15) is 0 Å². The average Bonchev–Trinajstić information content (AvgIpc) is 3.05. The highest BCUT2D eigenvalue weighted by molar-refractivity contribution is 6.08. The van der Waals surface area contributed by atoms with Crippen molar-refractivity contribution < 1.29 is 19.4 Å². The van der Waals surface area contributed by atoms with Crippen molar-refractivity contribution in [3.8, 4) is 28.2 Å². The van der Waals surface area contributed by atoms with Crippen molar-refractivity contribution in [2.45, 2.75) is 12.8 Å². The van der Waals surface area contributed by atoms with Gasteiger partial charge in [-0.15, -0.1) is 0 Å². The molecule has 0 saturated carbocycles. The Kier molecular flexibility index (Phi) is 8.79. The van der Waals surface area contributed by atoms with Gasteiger partial charge in [0.2, 0.25) is 0 Å². The van der Waals surface area contributed by atoms with Crippen molar-refractivity contribution in [1.29, 1.82) is 0 Å². The van der Waals surface area contributed by atoms with E-state index >= 15 is 0 Å². The Hall–Kier alpha value is -5.54. The number of carbonyl (C=O) groups is 1. The topological polar surface area (TPSA) is 129 Å². The van der Waals surface area contributed by atoms with Crippen molar-refractivity contribution in [2.75, 3.05) is 31.5 Å². The summed E-state index contributed by atoms with van der Waals surface area (Å²) in [7, 11) is 0. The third-order valence-corrected chi connectivity index (χ3v) is 7.77. The van der Waals surface area contributed by atoms with Crippen molar-refractivity contribution >= 4 is 22.6 Å². The third kappa shape index (κ3) is 7.00. The number of hydrogen-bond acceptors (Lipinski definition) is 8. The molecule has 4 aromatic rings. The number of aromatic carboxylic acids is 1. The fraction of sp³-hybridized carbons (Fsp3) is 0.167. The summed E-state index contributed by atoms with van der Waals surface area (Å²) < 4.78 is 5.96. The molecule has 9 heteroatoms. The van der Waals surface area contributed by atoms with Crippen LogP contribution in [0, 0.1) is 0 Å². The van der Waals surface area contributed by atoms with Gasteiger partial charge in [0.15, 0.2) is 5.43 Å². The zero-order chi connectivity index (χ0) is 31.2. The van der Waals surface area contributed by atoms with Gasteiger partial charge in [-0.25, -0.2) is 4.79 Å². The number of pyridine rings is 2. The van der Waals surface area contributed by atoms with Gasteiger partial charge in [-0.3, -0.25) is 14.8 Å². The summed E-state index contributed by atoms with van der Waals surface area (Å²) in [6.45, 7) is 3.02. The molecular formula is C36H32N4O5. The van der Waals surface area contributed by atoms with E-state index in [2.05, 4.69) is 20.2 Å². The molecule has 45 heavy (non-hydrogen) atoms. The summed E-state index contributed by atoms with van der Waals surface area (Å²) in [4.78, 5) is 35.9. The highest BCUT2D eigenvalue weighted by atomic mass is 16.4. The molecule has 0 unspecified atom stereocenters. The molecule has 0 spiro atoms. The maximum atomic E-state index is 12.4. The molecule has 0 fully saturated rings. The van der Waals surface area contributed by atoms with Crippen LogP contribution in [0.25, 0.3) is 33.4 Å². The second kappa shape index (κ2) is 13.4. The summed E-state index contributed by atoms with van der Waals surface area (Å²) in [5.74, 6) is -0.769. The number of phenolic OH excluding ortho intramolecular Hbond substituents is 1. The quantitative estimate of drug-likeness (QED) is 0.146. The van der Waals surface area contributed by atoms with Crippen LogP contribution in [0.3, 0.4) is 0 Å². The number of nitrogens with zero attached hydrogens (tertiary/aromatic N) is 3. The Labute approximate surface area is 259 Å². The maximum absolute atomic E-state index is 12.4. The minimum atomic E-state index is -1.08. The lowest BCUT2D eigenvalue weighted by atomic mass is 9.90. The number of nitrogens with one attached hydrogen (secondary N) is 1. The molecule has 0 bridgehead atoms. The van der Waals surface area contributed by atoms with E-state index in [1.165, 1.54) is 24.3 Å². The van der Waals surface area contributed by atoms with Gasteiger partial charge in [0.05, 0.1) is 5.56 Å². The van der Waals surface area contributed by atoms with Crippen LogP contribution >= 0.6 is 0 Å². The molecule has 3 heterocycles. The average molecular weight is 601 g/mol. The molecule has 2 aromatic heterocycles. The number of carboxylic acids is 1. The molecule has 0 amide bonds. The Morgan fingerprint density at radius 1 is 0.800 bits per heavy atom. The Bertz CT molecular complexity index is 1920. The summed E-state index contributed by atoms with van der Waals surface area (Å²) in [6, 6.07) is 26.2. The smallest absolute Gasteiger partial charge is 0.336 e. The van der Waals surface area contributed by atoms with Crippen LogP contribution in [0.4, 0.5) is 5.69 Å². The van der Waals surface area contributed by atoms with Gasteiger partial charge < -0.3 is 24.8 Å². The molecule has 1 aliphatic heterocycles. The molecule has 226 valence electrons. The first kappa shape index (κ1) is 29.5. The molecule has 9 nitrogen and oxygen atoms in total. The molecular weight excluding hydrogens is 568 g/mol. The number of hydrogen-bond donors (Lipinski definition) is 3. The Morgan fingerprint density at radius 2 is 1.53 bits per heavy atom. The summed E-state index contributed by atoms with van der Waals surface area (Å²) in [6.07, 6.45) is 5.26. The van der Waals surface area contributed by atoms with E-state index in [1.807, 2.05) is 54.9 Å². The number of fused-ring (bicyclic) bond motifs is 2. The lowest BCUT2D eigenvalue weighted by Crippen LogP contribution is -2.33. The fourth-order valence-corrected chi connectivity index (χ4v) is 5.53. The van der Waals surface area contributed by atoms with Gasteiger partial charge in [-0.05, 0) is 72.3 Å². The first-order valence-corrected chi connectivity index (χ1v) is 14.8. The molecule has 0 radical (unpaired) electrons. The van der Waals surface area contributed by atoms with E-state index in [0.29, 0.717) is 40.0 Å². The molecule has 1 aliphatic carbocycles. The number of aromatic hydroxyl groups is 1. The minimum Gasteiger partial charge on any atom is -0.508 e. The number of carboxylic acid groups (broad SMARTS) is 1. The number of benzene rings is 3. The lowest BCUT2D eigenvalue weighted by Gasteiger charge is -2.23. The molecule has 3 N–H and O–H groups in total. The normalized spacial score (nSPS) is 11.3. The Morgan fingerprint density at radius 3 is 2.20 bits per heavy atom. The Balaban J connectivity index is 1.27. The SMILES string of the molecule is O=C(O)c1ccc(NCCN(CCc2ccccn2)CCc2ccccn2)cc1-c1c2ccc(=O)cc-2oc2cc(O)ccc12. The first-order chi connectivity index (χ1) is 21.9. The predicted molar refractivity (Wildman–Crippen MR) is 174 cm³/mol. The molecule has 2 aliphatic rings. The highest BCUT2D eigenvalue weighted by Crippen LogP contribution is 2.42. The van der Waals surface area contributed by atoms with E-state index in [-0.39, 0.29) is 16.7 Å². The van der Waals surface area contributed by atoms with Crippen LogP contribution in [0.15, 0.2) is 113 Å². The van der Waals surface area contributed by atoms with Crippen LogP contribution in [0.1, 0.15) is 21.7 Å². The van der Waals surface area contributed by atoms with E-state index in [4.69, 9.17) is 4.42 Å². The molecule has 6 rings (SSSR count). The van der Waals surface area contributed by atoms with Gasteiger partial charge >= 0.3 is 5.97 Å². The van der Waals surface area contributed by atoms with Crippen LogP contribution in [0.2, 0.25) is 0 Å². The van der Waals surface area contributed by atoms with Crippen LogP contribution in [0.5, 0.6) is 5.75 Å². The van der Waals surface area contributed by atoms with Crippen LogP contribution < -0.4 is 10.7 Å². The zero-order valence-electron chi connectivity index (χ0n) is 24.5. The molecule has 0 atom stereocenters. The third-order valence-electron chi connectivity index (χ3n) is 7.77. The first-order valence-electron chi connectivity index (χ1n) is 14.8. The molecule has 2 aromatic carbocycles. The summed E-state index contributed by atoms with van der Waals surface area (Å²) in [5.41, 5.74) is 4.73. The molecule has 0 saturated heterocycles. The van der Waals surface area contributed by atoms with Gasteiger partial charge in [0, 0.05) is 97.1 Å². The number of aromatic nitrogens is 2. The lowest BCUT2D eigenvalue weighted by molar-refractivity contribution is 0.0697. The van der Waals surface area contributed by atoms with Crippen LogP contribution in [-0.4, -0.2) is 57.2 Å². The number of phenols is 1. The van der Waals surface area contributed by atoms with Crippen molar-refractivity contribution in [3.63, 3.8) is 0 Å². The minimum absolute atomic E-state index is 0.000603. The summed E-state index contributed by atoms with van der Waals surface area (Å²) in [5, 5.41) is 24.4. The monoisotopic (exact) mass is 600 g/mol. The number of anilines is 1. The van der Waals surface area contributed by atoms with Crippen molar-refractivity contribution in [1.82, 2.24) is 14.9 Å². The maximum Gasteiger partial charge on any atom is 0.336 e. The predicted octanol–water partition coefficient (Wildman–Crippen LogP) is 5.96. The van der Waals surface area contributed by atoms with Gasteiger partial charge in [0.25, 0.3) is 0 Å². The van der Waals surface area contributed by atoms with E-state index < -0.39 is 5.97 Å². The second-order valence-corrected chi connectivity index (χ2v) is 10.8. The van der Waals surface area contributed by atoms with Crippen molar-refractivity contribution in [3.05, 3.63) is 131 Å². The second-order valence-electron chi connectivity index (χ2n) is 10.8. The highest BCUT2D eigenvalue weighted by Gasteiger charge is 2.22. The standard InChI is InChI=1S/C36H32N4O5/c41-27-8-11-30-33(22-27)45-34-23-28(42)9-12-31(34)35(30)32-21-26(7-10-29(32)36(43)44)39-17-20-40(18-13-24-5-1-3-15-37-24)19-14-25-6-2-4-16-38-25/h1-12,15-16,21-23,39,41H,13-14,17-20H2,(H,43,44). The van der Waals surface area contributed by atoms with E-state index in [9.17, 15) is 19.8 Å². The van der Waals surface area contributed by atoms with Gasteiger partial charge in [-0.1, -0.05) is 12.1 Å². The zero-order valence-corrected chi connectivity index (χ0v) is 24.5. The van der Waals surface area contributed by atoms with E-state index in [0.717, 1.165) is 49.6 Å². The largest absolute Gasteiger partial charge is 0.508 e. The summed E-state index contributed by atoms with van der Waals surface area (Å²) >= 11 is 0. The van der Waals surface area contributed by atoms with Gasteiger partial charge in [0.1, 0.15) is 17.1 Å².